The molecule has 2 N–H and O–H groups in total. The van der Waals surface area contributed by atoms with Crippen LogP contribution in [0, 0.1) is 0 Å². The third-order valence-electron chi connectivity index (χ3n) is 2.04. The number of nitrogens with one attached hydrogen (secondary N) is 1. The molecule has 7 heteroatoms. The first-order valence-electron chi connectivity index (χ1n) is 4.98. The van der Waals surface area contributed by atoms with Gasteiger partial charge < -0.3 is 15.2 Å². The van der Waals surface area contributed by atoms with Gasteiger partial charge in [0.05, 0.1) is 0 Å². The lowest BCUT2D eigenvalue weighted by molar-refractivity contribution is -0.138. The van der Waals surface area contributed by atoms with Crippen LogP contribution in [0.3, 0.4) is 0 Å². The molecule has 1 amide bonds. The number of benzene rings is 1. The molecule has 0 aliphatic carbocycles. The second-order valence-corrected chi connectivity index (χ2v) is 3.44. The number of hydrogen-bond donors (Lipinski definition) is 2. The predicted molar refractivity (Wildman–Crippen MR) is 57.6 cm³/mol. The Morgan fingerprint density at radius 1 is 1.39 bits per heavy atom. The number of carboxylic acid groups (broad SMARTS) is 1. The highest BCUT2D eigenvalue weighted by molar-refractivity contribution is 5.96. The Hall–Kier alpha value is -2.18. The largest absolute Gasteiger partial charge is 0.480 e. The zero-order valence-corrected chi connectivity index (χ0v) is 9.39. The molecule has 0 saturated carbocycles. The molecular formula is C11H11F2NO4. The molecule has 5 nitrogen and oxygen atoms in total. The van der Waals surface area contributed by atoms with Crippen LogP contribution in [0.15, 0.2) is 24.3 Å². The molecule has 1 atom stereocenters. The summed E-state index contributed by atoms with van der Waals surface area (Å²) in [6, 6.07) is 4.03. The van der Waals surface area contributed by atoms with Gasteiger partial charge in [-0.3, -0.25) is 9.59 Å². The molecule has 0 spiro atoms. The van der Waals surface area contributed by atoms with Crippen molar-refractivity contribution in [2.24, 2.45) is 0 Å². The maximum absolute atomic E-state index is 12.0. The monoisotopic (exact) mass is 259 g/mol. The summed E-state index contributed by atoms with van der Waals surface area (Å²) in [5.74, 6) is -2.03. The number of amides is 1. The van der Waals surface area contributed by atoms with Crippen LogP contribution in [0.1, 0.15) is 17.3 Å². The van der Waals surface area contributed by atoms with E-state index in [-0.39, 0.29) is 11.3 Å². The van der Waals surface area contributed by atoms with Gasteiger partial charge in [-0.25, -0.2) is 0 Å². The first-order valence-corrected chi connectivity index (χ1v) is 4.98. The number of carbonyl (C=O) groups is 2. The lowest BCUT2D eigenvalue weighted by atomic mass is 10.2. The quantitative estimate of drug-likeness (QED) is 0.840. The lowest BCUT2D eigenvalue weighted by Crippen LogP contribution is -2.38. The highest BCUT2D eigenvalue weighted by Crippen LogP contribution is 2.15. The van der Waals surface area contributed by atoms with Crippen LogP contribution < -0.4 is 10.1 Å². The third-order valence-corrected chi connectivity index (χ3v) is 2.04. The fraction of sp³-hybridized carbons (Fsp3) is 0.273. The fourth-order valence-corrected chi connectivity index (χ4v) is 1.16. The SMILES string of the molecule is CC(NC(=O)c1cccc(OC(F)F)c1)C(=O)O. The van der Waals surface area contributed by atoms with Gasteiger partial charge >= 0.3 is 12.6 Å². The molecule has 18 heavy (non-hydrogen) atoms. The molecule has 0 heterocycles. The van der Waals surface area contributed by atoms with Gasteiger partial charge in [0.2, 0.25) is 0 Å². The standard InChI is InChI=1S/C11H11F2NO4/c1-6(10(16)17)14-9(15)7-3-2-4-8(5-7)18-11(12)13/h2-6,11H,1H3,(H,14,15)(H,16,17). The van der Waals surface area contributed by atoms with Crippen molar-refractivity contribution in [1.82, 2.24) is 5.32 Å². The summed E-state index contributed by atoms with van der Waals surface area (Å²) >= 11 is 0. The summed E-state index contributed by atoms with van der Waals surface area (Å²) in [5.41, 5.74) is 0.0428. The number of carbonyl (C=O) groups excluding carboxylic acids is 1. The maximum Gasteiger partial charge on any atom is 0.387 e. The first-order chi connectivity index (χ1) is 8.40. The van der Waals surface area contributed by atoms with Crippen molar-refractivity contribution in [1.29, 1.82) is 0 Å². The van der Waals surface area contributed by atoms with E-state index in [1.54, 1.807) is 0 Å². The van der Waals surface area contributed by atoms with Crippen LogP contribution >= 0.6 is 0 Å². The van der Waals surface area contributed by atoms with Crippen LogP contribution in [0.2, 0.25) is 0 Å². The molecule has 98 valence electrons. The molecule has 0 bridgehead atoms. The molecule has 0 saturated heterocycles. The molecule has 1 aromatic carbocycles. The van der Waals surface area contributed by atoms with Crippen molar-refractivity contribution in [3.05, 3.63) is 29.8 Å². The van der Waals surface area contributed by atoms with E-state index in [1.165, 1.54) is 25.1 Å². The smallest absolute Gasteiger partial charge is 0.387 e. The maximum atomic E-state index is 12.0. The number of carboxylic acids is 1. The Morgan fingerprint density at radius 2 is 2.06 bits per heavy atom. The van der Waals surface area contributed by atoms with Crippen molar-refractivity contribution in [3.63, 3.8) is 0 Å². The number of aliphatic carboxylic acids is 1. The fourth-order valence-electron chi connectivity index (χ4n) is 1.16. The summed E-state index contributed by atoms with van der Waals surface area (Å²) < 4.78 is 28.1. The topological polar surface area (TPSA) is 75.6 Å². The second kappa shape index (κ2) is 5.95. The minimum Gasteiger partial charge on any atom is -0.480 e. The van der Waals surface area contributed by atoms with E-state index in [0.29, 0.717) is 0 Å². The Balaban J connectivity index is 2.77. The van der Waals surface area contributed by atoms with Gasteiger partial charge in [0.25, 0.3) is 5.91 Å². The Kier molecular flexibility index (Phi) is 4.59. The number of halogens is 2. The van der Waals surface area contributed by atoms with Crippen LogP contribution in [0.5, 0.6) is 5.75 Å². The first kappa shape index (κ1) is 13.9. The summed E-state index contributed by atoms with van der Waals surface area (Å²) in [6.45, 7) is -1.69. The lowest BCUT2D eigenvalue weighted by Gasteiger charge is -2.10. The molecule has 0 aliphatic heterocycles. The normalized spacial score (nSPS) is 12.0. The van der Waals surface area contributed by atoms with Crippen molar-refractivity contribution >= 4 is 11.9 Å². The molecule has 1 rings (SSSR count). The number of hydrogen-bond acceptors (Lipinski definition) is 3. The van der Waals surface area contributed by atoms with Gasteiger partial charge in [0, 0.05) is 5.56 Å². The van der Waals surface area contributed by atoms with Crippen molar-refractivity contribution in [2.45, 2.75) is 19.6 Å². The van der Waals surface area contributed by atoms with Gasteiger partial charge in [0.15, 0.2) is 0 Å². The number of rotatable bonds is 5. The van der Waals surface area contributed by atoms with Gasteiger partial charge in [0.1, 0.15) is 11.8 Å². The average Bonchev–Trinajstić information content (AvgIpc) is 2.28. The van der Waals surface area contributed by atoms with Gasteiger partial charge in [-0.2, -0.15) is 8.78 Å². The van der Waals surface area contributed by atoms with E-state index < -0.39 is 24.5 Å². The summed E-state index contributed by atoms with van der Waals surface area (Å²) in [6.07, 6.45) is 0. The van der Waals surface area contributed by atoms with E-state index in [4.69, 9.17) is 5.11 Å². The van der Waals surface area contributed by atoms with Crippen molar-refractivity contribution in [2.75, 3.05) is 0 Å². The third kappa shape index (κ3) is 4.00. The minimum atomic E-state index is -2.98. The molecule has 0 aliphatic rings. The molecule has 1 aromatic rings. The number of ether oxygens (including phenoxy) is 1. The molecule has 0 radical (unpaired) electrons. The van der Waals surface area contributed by atoms with Gasteiger partial charge in [-0.1, -0.05) is 6.07 Å². The van der Waals surface area contributed by atoms with E-state index in [2.05, 4.69) is 10.1 Å². The van der Waals surface area contributed by atoms with Crippen molar-refractivity contribution < 1.29 is 28.2 Å². The van der Waals surface area contributed by atoms with E-state index in [1.807, 2.05) is 0 Å². The van der Waals surface area contributed by atoms with Crippen LogP contribution in [-0.2, 0) is 4.79 Å². The highest BCUT2D eigenvalue weighted by Gasteiger charge is 2.16. The Bertz CT molecular complexity index is 450. The van der Waals surface area contributed by atoms with E-state index in [0.717, 1.165) is 6.07 Å². The minimum absolute atomic E-state index is 0.0428. The molecule has 0 aromatic heterocycles. The molecule has 0 fully saturated rings. The number of alkyl halides is 2. The second-order valence-electron chi connectivity index (χ2n) is 3.44. The van der Waals surface area contributed by atoms with Crippen LogP contribution in [-0.4, -0.2) is 29.6 Å². The summed E-state index contributed by atoms with van der Waals surface area (Å²) in [5, 5.41) is 10.8. The summed E-state index contributed by atoms with van der Waals surface area (Å²) in [7, 11) is 0. The zero-order chi connectivity index (χ0) is 13.7. The molecular weight excluding hydrogens is 248 g/mol. The van der Waals surface area contributed by atoms with Gasteiger partial charge in [-0.05, 0) is 25.1 Å². The van der Waals surface area contributed by atoms with Crippen LogP contribution in [0.4, 0.5) is 8.78 Å². The van der Waals surface area contributed by atoms with E-state index in [9.17, 15) is 18.4 Å². The van der Waals surface area contributed by atoms with Crippen molar-refractivity contribution in [3.8, 4) is 5.75 Å². The Morgan fingerprint density at radius 3 is 2.61 bits per heavy atom. The highest BCUT2D eigenvalue weighted by atomic mass is 19.3. The van der Waals surface area contributed by atoms with Crippen LogP contribution in [0.25, 0.3) is 0 Å². The predicted octanol–water partition coefficient (Wildman–Crippen LogP) is 1.49. The average molecular weight is 259 g/mol. The zero-order valence-electron chi connectivity index (χ0n) is 9.39. The summed E-state index contributed by atoms with van der Waals surface area (Å²) in [4.78, 5) is 22.1. The van der Waals surface area contributed by atoms with E-state index >= 15 is 0 Å². The van der Waals surface area contributed by atoms with Gasteiger partial charge in [-0.15, -0.1) is 0 Å². The molecule has 1 unspecified atom stereocenters. The Labute approximate surface area is 101 Å².